The van der Waals surface area contributed by atoms with Gasteiger partial charge in [0.2, 0.25) is 5.91 Å². The van der Waals surface area contributed by atoms with Crippen molar-refractivity contribution in [2.45, 2.75) is 38.4 Å². The van der Waals surface area contributed by atoms with Crippen molar-refractivity contribution in [2.75, 3.05) is 20.7 Å². The van der Waals surface area contributed by atoms with Crippen LogP contribution < -0.4 is 10.5 Å². The van der Waals surface area contributed by atoms with E-state index in [4.69, 9.17) is 32.0 Å². The first-order chi connectivity index (χ1) is 12.3. The van der Waals surface area contributed by atoms with Crippen molar-refractivity contribution in [3.63, 3.8) is 0 Å². The number of rotatable bonds is 3. The van der Waals surface area contributed by atoms with Crippen LogP contribution >= 0.6 is 11.6 Å². The molecule has 0 bridgehead atoms. The van der Waals surface area contributed by atoms with Crippen molar-refractivity contribution in [2.24, 2.45) is 5.73 Å². The Kier molecular flexibility index (Phi) is 7.50. The number of carboxylic acids is 1. The number of likely N-dealkylation sites (N-methyl/N-ethyl adjacent to an activating group) is 1. The minimum atomic E-state index is -5.08. The van der Waals surface area contributed by atoms with E-state index in [2.05, 4.69) is 0 Å². The predicted octanol–water partition coefficient (Wildman–Crippen LogP) is 3.26. The lowest BCUT2D eigenvalue weighted by atomic mass is 9.89. The van der Waals surface area contributed by atoms with Crippen LogP contribution in [-0.2, 0) is 9.59 Å². The summed E-state index contributed by atoms with van der Waals surface area (Å²) in [5, 5.41) is 7.80. The van der Waals surface area contributed by atoms with Crippen molar-refractivity contribution in [3.05, 3.63) is 27.8 Å². The minimum Gasteiger partial charge on any atom is -0.496 e. The van der Waals surface area contributed by atoms with Crippen molar-refractivity contribution in [1.29, 1.82) is 0 Å². The number of nitrogens with two attached hydrogens (primary N) is 1. The number of hydrogen-bond donors (Lipinski definition) is 2. The Morgan fingerprint density at radius 2 is 2.00 bits per heavy atom. The third-order valence-electron chi connectivity index (χ3n) is 4.24. The first-order valence-corrected chi connectivity index (χ1v) is 8.35. The molecule has 2 atom stereocenters. The number of carboxylic acid groups (broad SMARTS) is 1. The van der Waals surface area contributed by atoms with Crippen molar-refractivity contribution < 1.29 is 32.6 Å². The fraction of sp³-hybridized carbons (Fsp3) is 0.529. The zero-order valence-corrected chi connectivity index (χ0v) is 16.1. The normalized spacial score (nSPS) is 18.0. The van der Waals surface area contributed by atoms with Gasteiger partial charge in [-0.15, -0.1) is 0 Å². The van der Waals surface area contributed by atoms with Crippen molar-refractivity contribution in [3.8, 4) is 5.75 Å². The second-order valence-corrected chi connectivity index (χ2v) is 6.69. The van der Waals surface area contributed by atoms with E-state index in [0.717, 1.165) is 22.4 Å². The van der Waals surface area contributed by atoms with Gasteiger partial charge in [-0.2, -0.15) is 13.2 Å². The van der Waals surface area contributed by atoms with Gasteiger partial charge in [-0.1, -0.05) is 11.6 Å². The zero-order valence-electron chi connectivity index (χ0n) is 15.4. The van der Waals surface area contributed by atoms with Gasteiger partial charge >= 0.3 is 12.1 Å². The fourth-order valence-electron chi connectivity index (χ4n) is 2.88. The molecule has 1 heterocycles. The van der Waals surface area contributed by atoms with E-state index < -0.39 is 12.1 Å². The summed E-state index contributed by atoms with van der Waals surface area (Å²) in [6, 6.07) is 1.70. The number of ether oxygens (including phenoxy) is 1. The molecule has 1 aromatic carbocycles. The van der Waals surface area contributed by atoms with Crippen LogP contribution in [0.25, 0.3) is 0 Å². The predicted molar refractivity (Wildman–Crippen MR) is 94.0 cm³/mol. The number of likely N-dealkylation sites (tertiary alicyclic amines) is 1. The summed E-state index contributed by atoms with van der Waals surface area (Å²) in [5.74, 6) is -1.72. The third-order valence-corrected chi connectivity index (χ3v) is 4.63. The van der Waals surface area contributed by atoms with Gasteiger partial charge < -0.3 is 20.5 Å². The second kappa shape index (κ2) is 8.79. The molecule has 0 radical (unpaired) electrons. The van der Waals surface area contributed by atoms with Crippen LogP contribution in [0.15, 0.2) is 6.07 Å². The standard InChI is InChI=1S/C15H21ClN2O2.C2HF3O2/c1-8-12(16)6-11(9(2)17)15(20-4)14(8)10-5-13(19)18(3)7-10;3-2(4,5)1(6)7/h6,9-10H,5,7,17H2,1-4H3;(H,6,7). The number of nitrogens with zero attached hydrogens (tertiary/aromatic N) is 1. The summed E-state index contributed by atoms with van der Waals surface area (Å²) in [6.07, 6.45) is -4.59. The topological polar surface area (TPSA) is 92.9 Å². The lowest BCUT2D eigenvalue weighted by Gasteiger charge is -2.22. The van der Waals surface area contributed by atoms with Crippen LogP contribution in [0.3, 0.4) is 0 Å². The van der Waals surface area contributed by atoms with Gasteiger partial charge in [0.05, 0.1) is 7.11 Å². The average Bonchev–Trinajstić information content (AvgIpc) is 2.87. The van der Waals surface area contributed by atoms with Gasteiger partial charge in [0.15, 0.2) is 0 Å². The Morgan fingerprint density at radius 1 is 1.48 bits per heavy atom. The minimum absolute atomic E-state index is 0.110. The van der Waals surface area contributed by atoms with E-state index >= 15 is 0 Å². The number of benzene rings is 1. The highest BCUT2D eigenvalue weighted by Crippen LogP contribution is 2.42. The number of methoxy groups -OCH3 is 1. The smallest absolute Gasteiger partial charge is 0.490 e. The molecule has 1 fully saturated rings. The van der Waals surface area contributed by atoms with E-state index in [9.17, 15) is 18.0 Å². The molecule has 10 heteroatoms. The monoisotopic (exact) mass is 410 g/mol. The Morgan fingerprint density at radius 3 is 2.33 bits per heavy atom. The molecule has 0 spiro atoms. The summed E-state index contributed by atoms with van der Waals surface area (Å²) in [5.41, 5.74) is 8.90. The van der Waals surface area contributed by atoms with Gasteiger partial charge in [0.25, 0.3) is 0 Å². The molecule has 6 nitrogen and oxygen atoms in total. The Balaban J connectivity index is 0.000000445. The number of aliphatic carboxylic acids is 1. The molecule has 0 aromatic heterocycles. The van der Waals surface area contributed by atoms with E-state index in [1.54, 1.807) is 12.0 Å². The van der Waals surface area contributed by atoms with E-state index in [1.165, 1.54) is 0 Å². The largest absolute Gasteiger partial charge is 0.496 e. The van der Waals surface area contributed by atoms with E-state index in [-0.39, 0.29) is 17.9 Å². The molecule has 1 amide bonds. The molecule has 2 unspecified atom stereocenters. The molecule has 0 saturated carbocycles. The molecule has 1 saturated heterocycles. The van der Waals surface area contributed by atoms with Crippen LogP contribution in [0.4, 0.5) is 13.2 Å². The van der Waals surface area contributed by atoms with Crippen molar-refractivity contribution >= 4 is 23.5 Å². The molecule has 1 aliphatic heterocycles. The van der Waals surface area contributed by atoms with Crippen LogP contribution in [0, 0.1) is 6.92 Å². The summed E-state index contributed by atoms with van der Waals surface area (Å²) < 4.78 is 37.3. The quantitative estimate of drug-likeness (QED) is 0.797. The lowest BCUT2D eigenvalue weighted by Crippen LogP contribution is -2.21. The zero-order chi connectivity index (χ0) is 21.1. The number of halogens is 4. The SMILES string of the molecule is COc1c(C(C)N)cc(Cl)c(C)c1C1CC(=O)N(C)C1.O=C(O)C(F)(F)F. The third kappa shape index (κ3) is 5.49. The molecule has 1 aromatic rings. The number of amides is 1. The molecule has 0 aliphatic carbocycles. The summed E-state index contributed by atoms with van der Waals surface area (Å²) in [7, 11) is 3.46. The van der Waals surface area contributed by atoms with Gasteiger partial charge in [-0.25, -0.2) is 4.79 Å². The summed E-state index contributed by atoms with van der Waals surface area (Å²) in [6.45, 7) is 4.56. The highest BCUT2D eigenvalue weighted by atomic mass is 35.5. The first kappa shape index (κ1) is 23.0. The Bertz CT molecular complexity index is 723. The Hall–Kier alpha value is -2.00. The molecule has 1 aliphatic rings. The first-order valence-electron chi connectivity index (χ1n) is 7.97. The van der Waals surface area contributed by atoms with Gasteiger partial charge in [-0.3, -0.25) is 4.79 Å². The molecule has 3 N–H and O–H groups in total. The number of carbonyl (C=O) groups is 2. The molecular weight excluding hydrogens is 389 g/mol. The van der Waals surface area contributed by atoms with Crippen LogP contribution in [0.2, 0.25) is 5.02 Å². The van der Waals surface area contributed by atoms with E-state index in [0.29, 0.717) is 18.0 Å². The van der Waals surface area contributed by atoms with Gasteiger partial charge in [0.1, 0.15) is 5.75 Å². The van der Waals surface area contributed by atoms with Crippen LogP contribution in [0.1, 0.15) is 42.0 Å². The van der Waals surface area contributed by atoms with Crippen molar-refractivity contribution in [1.82, 2.24) is 4.90 Å². The van der Waals surface area contributed by atoms with E-state index in [1.807, 2.05) is 27.0 Å². The average molecular weight is 411 g/mol. The maximum absolute atomic E-state index is 11.8. The number of carbonyl (C=O) groups excluding carboxylic acids is 1. The molecule has 2 rings (SSSR count). The van der Waals surface area contributed by atoms with Crippen LogP contribution in [-0.4, -0.2) is 48.8 Å². The fourth-order valence-corrected chi connectivity index (χ4v) is 3.10. The highest BCUT2D eigenvalue weighted by Gasteiger charge is 2.38. The Labute approximate surface area is 160 Å². The second-order valence-electron chi connectivity index (χ2n) is 6.29. The maximum atomic E-state index is 11.8. The highest BCUT2D eigenvalue weighted by molar-refractivity contribution is 6.31. The number of alkyl halides is 3. The van der Waals surface area contributed by atoms with Crippen LogP contribution in [0.5, 0.6) is 5.75 Å². The number of hydrogen-bond acceptors (Lipinski definition) is 4. The summed E-state index contributed by atoms with van der Waals surface area (Å²) in [4.78, 5) is 22.4. The molecule has 27 heavy (non-hydrogen) atoms. The summed E-state index contributed by atoms with van der Waals surface area (Å²) >= 11 is 6.33. The molecular formula is C17H22ClF3N2O4. The molecule has 152 valence electrons. The van der Waals surface area contributed by atoms with Gasteiger partial charge in [0, 0.05) is 48.1 Å². The van der Waals surface area contributed by atoms with Gasteiger partial charge in [-0.05, 0) is 25.5 Å². The maximum Gasteiger partial charge on any atom is 0.490 e. The lowest BCUT2D eigenvalue weighted by molar-refractivity contribution is -0.192.